The number of benzene rings is 1. The molecular weight excluding hydrogens is 294 g/mol. The fourth-order valence-electron chi connectivity index (χ4n) is 3.03. The molecule has 2 rings (SSSR count). The summed E-state index contributed by atoms with van der Waals surface area (Å²) in [7, 11) is 0. The SMILES string of the molecule is Cc1cccc(OC(C)C(=O)N2CCCC(CCC(=O)O)C2)c1. The fraction of sp³-hybridized carbons (Fsp3) is 0.556. The van der Waals surface area contributed by atoms with E-state index in [0.29, 0.717) is 18.7 Å². The van der Waals surface area contributed by atoms with E-state index in [2.05, 4.69) is 0 Å². The maximum absolute atomic E-state index is 12.6. The van der Waals surface area contributed by atoms with Gasteiger partial charge in [-0.15, -0.1) is 0 Å². The molecule has 1 aromatic rings. The lowest BCUT2D eigenvalue weighted by atomic mass is 9.93. The van der Waals surface area contributed by atoms with Crippen molar-refractivity contribution < 1.29 is 19.4 Å². The van der Waals surface area contributed by atoms with Crippen molar-refractivity contribution in [2.24, 2.45) is 5.92 Å². The van der Waals surface area contributed by atoms with E-state index in [-0.39, 0.29) is 18.2 Å². The first kappa shape index (κ1) is 17.3. The Kier molecular flexibility index (Phi) is 6.02. The maximum Gasteiger partial charge on any atom is 0.303 e. The summed E-state index contributed by atoms with van der Waals surface area (Å²) >= 11 is 0. The van der Waals surface area contributed by atoms with Crippen LogP contribution in [0, 0.1) is 12.8 Å². The summed E-state index contributed by atoms with van der Waals surface area (Å²) in [4.78, 5) is 25.1. The van der Waals surface area contributed by atoms with Gasteiger partial charge in [-0.3, -0.25) is 9.59 Å². The Morgan fingerprint density at radius 3 is 2.91 bits per heavy atom. The third-order valence-electron chi connectivity index (χ3n) is 4.25. The molecule has 5 heteroatoms. The highest BCUT2D eigenvalue weighted by Gasteiger charge is 2.28. The van der Waals surface area contributed by atoms with Crippen LogP contribution in [0.25, 0.3) is 0 Å². The Bertz CT molecular complexity index is 558. The van der Waals surface area contributed by atoms with Crippen LogP contribution in [0.3, 0.4) is 0 Å². The molecule has 1 aliphatic heterocycles. The predicted octanol–water partition coefficient (Wildman–Crippen LogP) is 2.87. The van der Waals surface area contributed by atoms with E-state index in [0.717, 1.165) is 24.9 Å². The zero-order valence-corrected chi connectivity index (χ0v) is 13.8. The predicted molar refractivity (Wildman–Crippen MR) is 87.4 cm³/mol. The second kappa shape index (κ2) is 7.99. The van der Waals surface area contributed by atoms with Crippen LogP contribution in [0.5, 0.6) is 5.75 Å². The Morgan fingerprint density at radius 2 is 2.22 bits per heavy atom. The summed E-state index contributed by atoms with van der Waals surface area (Å²) in [5.74, 6) is 0.177. The molecule has 1 fully saturated rings. The molecule has 23 heavy (non-hydrogen) atoms. The maximum atomic E-state index is 12.6. The van der Waals surface area contributed by atoms with Crippen molar-refractivity contribution in [3.05, 3.63) is 29.8 Å². The summed E-state index contributed by atoms with van der Waals surface area (Å²) in [5, 5.41) is 8.79. The number of amides is 1. The largest absolute Gasteiger partial charge is 0.481 e. The molecular formula is C18H25NO4. The van der Waals surface area contributed by atoms with Gasteiger partial charge in [0.25, 0.3) is 5.91 Å². The minimum Gasteiger partial charge on any atom is -0.481 e. The topological polar surface area (TPSA) is 66.8 Å². The van der Waals surface area contributed by atoms with Crippen LogP contribution in [0.2, 0.25) is 0 Å². The molecule has 1 heterocycles. The highest BCUT2D eigenvalue weighted by molar-refractivity contribution is 5.81. The van der Waals surface area contributed by atoms with E-state index >= 15 is 0 Å². The molecule has 0 bridgehead atoms. The van der Waals surface area contributed by atoms with Gasteiger partial charge in [0.05, 0.1) is 0 Å². The van der Waals surface area contributed by atoms with Crippen molar-refractivity contribution >= 4 is 11.9 Å². The zero-order chi connectivity index (χ0) is 16.8. The summed E-state index contributed by atoms with van der Waals surface area (Å²) in [6, 6.07) is 7.65. The van der Waals surface area contributed by atoms with E-state index in [1.807, 2.05) is 36.1 Å². The number of hydrogen-bond acceptors (Lipinski definition) is 3. The second-order valence-corrected chi connectivity index (χ2v) is 6.30. The molecule has 1 amide bonds. The van der Waals surface area contributed by atoms with Crippen LogP contribution in [0.4, 0.5) is 0 Å². The fourth-order valence-corrected chi connectivity index (χ4v) is 3.03. The smallest absolute Gasteiger partial charge is 0.303 e. The van der Waals surface area contributed by atoms with Crippen LogP contribution in [0.1, 0.15) is 38.2 Å². The minimum absolute atomic E-state index is 0.0217. The van der Waals surface area contributed by atoms with E-state index in [1.165, 1.54) is 0 Å². The van der Waals surface area contributed by atoms with Crippen molar-refractivity contribution in [3.63, 3.8) is 0 Å². The minimum atomic E-state index is -0.774. The number of aliphatic carboxylic acids is 1. The van der Waals surface area contributed by atoms with Crippen molar-refractivity contribution in [2.75, 3.05) is 13.1 Å². The van der Waals surface area contributed by atoms with Crippen LogP contribution in [-0.4, -0.2) is 41.1 Å². The molecule has 0 aliphatic carbocycles. The number of nitrogens with zero attached hydrogens (tertiary/aromatic N) is 1. The van der Waals surface area contributed by atoms with E-state index in [9.17, 15) is 9.59 Å². The number of hydrogen-bond donors (Lipinski definition) is 1. The van der Waals surface area contributed by atoms with Gasteiger partial charge in [-0.05, 0) is 56.7 Å². The number of likely N-dealkylation sites (tertiary alicyclic amines) is 1. The van der Waals surface area contributed by atoms with Crippen LogP contribution < -0.4 is 4.74 Å². The van der Waals surface area contributed by atoms with Crippen LogP contribution in [0.15, 0.2) is 24.3 Å². The van der Waals surface area contributed by atoms with E-state index in [1.54, 1.807) is 6.92 Å². The molecule has 1 aliphatic rings. The first-order chi connectivity index (χ1) is 11.0. The van der Waals surface area contributed by atoms with E-state index in [4.69, 9.17) is 9.84 Å². The zero-order valence-electron chi connectivity index (χ0n) is 13.8. The summed E-state index contributed by atoms with van der Waals surface area (Å²) < 4.78 is 5.76. The van der Waals surface area contributed by atoms with Gasteiger partial charge >= 0.3 is 5.97 Å². The number of carbonyl (C=O) groups excluding carboxylic acids is 1. The quantitative estimate of drug-likeness (QED) is 0.875. The number of carboxylic acids is 1. The molecule has 1 aromatic carbocycles. The Balaban J connectivity index is 1.89. The van der Waals surface area contributed by atoms with Gasteiger partial charge in [0, 0.05) is 19.5 Å². The van der Waals surface area contributed by atoms with Gasteiger partial charge in [-0.25, -0.2) is 0 Å². The van der Waals surface area contributed by atoms with Crippen molar-refractivity contribution in [1.82, 2.24) is 4.90 Å². The second-order valence-electron chi connectivity index (χ2n) is 6.30. The number of ether oxygens (including phenoxy) is 1. The number of carboxylic acid groups (broad SMARTS) is 1. The summed E-state index contributed by atoms with van der Waals surface area (Å²) in [5.41, 5.74) is 1.09. The molecule has 1 saturated heterocycles. The average molecular weight is 319 g/mol. The van der Waals surface area contributed by atoms with Crippen molar-refractivity contribution in [3.8, 4) is 5.75 Å². The molecule has 0 radical (unpaired) electrons. The highest BCUT2D eigenvalue weighted by Crippen LogP contribution is 2.22. The monoisotopic (exact) mass is 319 g/mol. The lowest BCUT2D eigenvalue weighted by Gasteiger charge is -2.34. The molecule has 2 atom stereocenters. The lowest BCUT2D eigenvalue weighted by Crippen LogP contribution is -2.45. The average Bonchev–Trinajstić information content (AvgIpc) is 2.52. The number of rotatable bonds is 6. The lowest BCUT2D eigenvalue weighted by molar-refractivity contribution is -0.140. The molecule has 0 aromatic heterocycles. The van der Waals surface area contributed by atoms with Gasteiger partial charge < -0.3 is 14.7 Å². The molecule has 126 valence electrons. The Labute approximate surface area is 137 Å². The summed E-state index contributed by atoms with van der Waals surface area (Å²) in [6.45, 7) is 5.11. The first-order valence-corrected chi connectivity index (χ1v) is 8.19. The normalized spacial score (nSPS) is 19.2. The van der Waals surface area contributed by atoms with Crippen LogP contribution >= 0.6 is 0 Å². The van der Waals surface area contributed by atoms with Crippen LogP contribution in [-0.2, 0) is 9.59 Å². The summed E-state index contributed by atoms with van der Waals surface area (Å²) in [6.07, 6.45) is 2.18. The molecule has 0 spiro atoms. The van der Waals surface area contributed by atoms with Gasteiger partial charge in [0.1, 0.15) is 5.75 Å². The van der Waals surface area contributed by atoms with E-state index < -0.39 is 12.1 Å². The third-order valence-corrected chi connectivity index (χ3v) is 4.25. The van der Waals surface area contributed by atoms with Crippen molar-refractivity contribution in [2.45, 2.75) is 45.6 Å². The number of aryl methyl sites for hydroxylation is 1. The molecule has 5 nitrogen and oxygen atoms in total. The number of piperidine rings is 1. The van der Waals surface area contributed by atoms with Gasteiger partial charge in [-0.2, -0.15) is 0 Å². The Morgan fingerprint density at radius 1 is 1.43 bits per heavy atom. The third kappa shape index (κ3) is 5.27. The van der Waals surface area contributed by atoms with Gasteiger partial charge in [0.15, 0.2) is 6.10 Å². The highest BCUT2D eigenvalue weighted by atomic mass is 16.5. The molecule has 1 N–H and O–H groups in total. The number of carbonyl (C=O) groups is 2. The standard InChI is InChI=1S/C18H25NO4/c1-13-5-3-7-16(11-13)23-14(2)18(22)19-10-4-6-15(12-19)8-9-17(20)21/h3,5,7,11,14-15H,4,6,8-10,12H2,1-2H3,(H,20,21). The first-order valence-electron chi connectivity index (χ1n) is 8.19. The van der Waals surface area contributed by atoms with Gasteiger partial charge in [-0.1, -0.05) is 12.1 Å². The molecule has 2 unspecified atom stereocenters. The van der Waals surface area contributed by atoms with Gasteiger partial charge in [0.2, 0.25) is 0 Å². The molecule has 0 saturated carbocycles. The van der Waals surface area contributed by atoms with Crippen molar-refractivity contribution in [1.29, 1.82) is 0 Å². The Hall–Kier alpha value is -2.04.